The van der Waals surface area contributed by atoms with E-state index in [-0.39, 0.29) is 17.1 Å². The zero-order valence-electron chi connectivity index (χ0n) is 21.0. The van der Waals surface area contributed by atoms with Crippen LogP contribution >= 0.6 is 15.9 Å². The number of nitrogens with zero attached hydrogens (tertiary/aromatic N) is 1. The number of hydrogen-bond acceptors (Lipinski definition) is 5. The predicted molar refractivity (Wildman–Crippen MR) is 141 cm³/mol. The molecule has 2 aromatic rings. The van der Waals surface area contributed by atoms with E-state index in [1.54, 1.807) is 14.2 Å². The monoisotopic (exact) mass is 538 g/mol. The van der Waals surface area contributed by atoms with E-state index < -0.39 is 11.8 Å². The van der Waals surface area contributed by atoms with Crippen LogP contribution in [-0.4, -0.2) is 31.6 Å². The van der Waals surface area contributed by atoms with E-state index in [0.717, 1.165) is 27.0 Å². The number of ether oxygens (including phenoxy) is 2. The van der Waals surface area contributed by atoms with E-state index >= 15 is 0 Å². The molecule has 2 aromatic carbocycles. The van der Waals surface area contributed by atoms with Crippen LogP contribution in [-0.2, 0) is 9.59 Å². The van der Waals surface area contributed by atoms with Crippen molar-refractivity contribution in [2.45, 2.75) is 46.5 Å². The molecule has 1 N–H and O–H groups in total. The molecule has 1 aliphatic carbocycles. The fourth-order valence-corrected chi connectivity index (χ4v) is 5.72. The number of para-hydroxylation sites is 1. The Balaban J connectivity index is 1.89. The molecule has 4 rings (SSSR count). The maximum absolute atomic E-state index is 13.8. The van der Waals surface area contributed by atoms with Crippen LogP contribution < -0.4 is 14.8 Å². The number of methoxy groups -OCH3 is 2. The highest BCUT2D eigenvalue weighted by molar-refractivity contribution is 9.10. The summed E-state index contributed by atoms with van der Waals surface area (Å²) in [6, 6.07) is 11.3. The van der Waals surface area contributed by atoms with Crippen molar-refractivity contribution in [1.82, 2.24) is 0 Å². The van der Waals surface area contributed by atoms with Crippen molar-refractivity contribution in [3.8, 4) is 11.5 Å². The standard InChI is InChI=1S/C28H31BrN2O4/c1-15-9-7-8-10-19(15)31-27(33)24-16(2)30-20-13-28(3,4)14-21(32)26(20)25(24)17-11-22(34-5)23(35-6)12-18(17)29/h7-12,24-25H,13-14H2,1-6H3,(H,31,33). The Morgan fingerprint density at radius 3 is 2.40 bits per heavy atom. The Hall–Kier alpha value is -2.93. The summed E-state index contributed by atoms with van der Waals surface area (Å²) >= 11 is 3.68. The summed E-state index contributed by atoms with van der Waals surface area (Å²) in [4.78, 5) is 32.2. The van der Waals surface area contributed by atoms with Gasteiger partial charge < -0.3 is 14.8 Å². The van der Waals surface area contributed by atoms with Gasteiger partial charge in [0.25, 0.3) is 0 Å². The number of allylic oxidation sites excluding steroid dienone is 2. The zero-order valence-corrected chi connectivity index (χ0v) is 22.6. The van der Waals surface area contributed by atoms with Crippen molar-refractivity contribution < 1.29 is 19.1 Å². The van der Waals surface area contributed by atoms with E-state index in [4.69, 9.17) is 14.5 Å². The molecule has 1 heterocycles. The van der Waals surface area contributed by atoms with Gasteiger partial charge in [-0.25, -0.2) is 0 Å². The first kappa shape index (κ1) is 25.2. The molecule has 0 saturated heterocycles. The van der Waals surface area contributed by atoms with E-state index in [1.807, 2.05) is 50.2 Å². The lowest BCUT2D eigenvalue weighted by molar-refractivity contribution is -0.119. The molecule has 0 radical (unpaired) electrons. The van der Waals surface area contributed by atoms with Crippen molar-refractivity contribution in [2.75, 3.05) is 19.5 Å². The summed E-state index contributed by atoms with van der Waals surface area (Å²) in [7, 11) is 3.15. The Labute approximate surface area is 214 Å². The summed E-state index contributed by atoms with van der Waals surface area (Å²) < 4.78 is 11.8. The van der Waals surface area contributed by atoms with Crippen molar-refractivity contribution in [3.63, 3.8) is 0 Å². The quantitative estimate of drug-likeness (QED) is 0.489. The SMILES string of the molecule is COc1cc(Br)c(C2C3=C(CC(C)(C)CC3=O)N=C(C)C2C(=O)Nc2ccccc2C)cc1OC. The molecule has 1 aliphatic heterocycles. The zero-order chi connectivity index (χ0) is 25.5. The second-order valence-corrected chi connectivity index (χ2v) is 10.9. The summed E-state index contributed by atoms with van der Waals surface area (Å²) in [5, 5.41) is 3.08. The molecule has 2 aliphatic rings. The van der Waals surface area contributed by atoms with Crippen LogP contribution in [0.2, 0.25) is 0 Å². The second-order valence-electron chi connectivity index (χ2n) is 10.0. The molecule has 2 unspecified atom stereocenters. The van der Waals surface area contributed by atoms with Gasteiger partial charge in [-0.2, -0.15) is 0 Å². The number of anilines is 1. The molecule has 7 heteroatoms. The number of Topliss-reactive ketones (excluding diaryl/α,β-unsaturated/α-hetero) is 1. The van der Waals surface area contributed by atoms with Crippen LogP contribution in [0.1, 0.15) is 50.7 Å². The maximum Gasteiger partial charge on any atom is 0.234 e. The molecule has 0 bridgehead atoms. The Bertz CT molecular complexity index is 1260. The highest BCUT2D eigenvalue weighted by Crippen LogP contribution is 2.50. The molecule has 184 valence electrons. The summed E-state index contributed by atoms with van der Waals surface area (Å²) in [5.74, 6) is -0.230. The third-order valence-electron chi connectivity index (χ3n) is 6.83. The van der Waals surface area contributed by atoms with Gasteiger partial charge in [-0.15, -0.1) is 0 Å². The molecule has 0 aromatic heterocycles. The average molecular weight is 539 g/mol. The molecule has 0 fully saturated rings. The minimum Gasteiger partial charge on any atom is -0.493 e. The molecule has 1 amide bonds. The van der Waals surface area contributed by atoms with Gasteiger partial charge in [0.1, 0.15) is 0 Å². The molecule has 6 nitrogen and oxygen atoms in total. The number of halogens is 1. The van der Waals surface area contributed by atoms with Gasteiger partial charge in [0, 0.05) is 39.5 Å². The van der Waals surface area contributed by atoms with Crippen molar-refractivity contribution in [2.24, 2.45) is 16.3 Å². The Kier molecular flexibility index (Phi) is 6.91. The number of ketones is 1. The normalized spacial score (nSPS) is 21.2. The summed E-state index contributed by atoms with van der Waals surface area (Å²) in [6.45, 7) is 7.99. The van der Waals surface area contributed by atoms with Crippen LogP contribution in [0.3, 0.4) is 0 Å². The second kappa shape index (κ2) is 9.61. The van der Waals surface area contributed by atoms with Gasteiger partial charge in [-0.1, -0.05) is 48.0 Å². The highest BCUT2D eigenvalue weighted by Gasteiger charge is 2.46. The van der Waals surface area contributed by atoms with Gasteiger partial charge in [0.05, 0.1) is 20.1 Å². The van der Waals surface area contributed by atoms with Gasteiger partial charge in [-0.05, 0) is 55.0 Å². The van der Waals surface area contributed by atoms with Crippen LogP contribution in [0.5, 0.6) is 11.5 Å². The minimum atomic E-state index is -0.659. The van der Waals surface area contributed by atoms with E-state index in [9.17, 15) is 9.59 Å². The van der Waals surface area contributed by atoms with Crippen LogP contribution in [0, 0.1) is 18.3 Å². The number of nitrogens with one attached hydrogen (secondary N) is 1. The molecule has 0 spiro atoms. The molecular weight excluding hydrogens is 508 g/mol. The lowest BCUT2D eigenvalue weighted by atomic mass is 9.66. The number of carbonyl (C=O) groups is 2. The molecule has 2 atom stereocenters. The lowest BCUT2D eigenvalue weighted by Gasteiger charge is -2.39. The summed E-state index contributed by atoms with van der Waals surface area (Å²) in [6.07, 6.45) is 1.09. The van der Waals surface area contributed by atoms with Gasteiger partial charge in [0.2, 0.25) is 5.91 Å². The van der Waals surface area contributed by atoms with Crippen molar-refractivity contribution in [1.29, 1.82) is 0 Å². The van der Waals surface area contributed by atoms with Crippen molar-refractivity contribution >= 4 is 39.0 Å². The fourth-order valence-electron chi connectivity index (χ4n) is 5.15. The fraction of sp³-hybridized carbons (Fsp3) is 0.393. The number of benzene rings is 2. The minimum absolute atomic E-state index is 0.0351. The molecule has 0 saturated carbocycles. The first-order valence-corrected chi connectivity index (χ1v) is 12.4. The first-order chi connectivity index (χ1) is 16.6. The lowest BCUT2D eigenvalue weighted by Crippen LogP contribution is -2.41. The number of rotatable bonds is 5. The van der Waals surface area contributed by atoms with E-state index in [2.05, 4.69) is 35.1 Å². The maximum atomic E-state index is 13.8. The topological polar surface area (TPSA) is 77.0 Å². The number of amides is 1. The highest BCUT2D eigenvalue weighted by atomic mass is 79.9. The van der Waals surface area contributed by atoms with Crippen LogP contribution in [0.15, 0.2) is 57.1 Å². The molecular formula is C28H31BrN2O4. The number of hydrogen-bond donors (Lipinski definition) is 1. The number of aliphatic imine (C=N–C) groups is 1. The Morgan fingerprint density at radius 2 is 1.74 bits per heavy atom. The van der Waals surface area contributed by atoms with Crippen LogP contribution in [0.4, 0.5) is 5.69 Å². The summed E-state index contributed by atoms with van der Waals surface area (Å²) in [5.41, 5.74) is 4.39. The van der Waals surface area contributed by atoms with Gasteiger partial charge >= 0.3 is 0 Å². The third-order valence-corrected chi connectivity index (χ3v) is 7.51. The van der Waals surface area contributed by atoms with Gasteiger partial charge in [-0.3, -0.25) is 14.6 Å². The van der Waals surface area contributed by atoms with E-state index in [1.165, 1.54) is 0 Å². The van der Waals surface area contributed by atoms with Crippen LogP contribution in [0.25, 0.3) is 0 Å². The number of aryl methyl sites for hydroxylation is 1. The number of carbonyl (C=O) groups excluding carboxylic acids is 2. The smallest absolute Gasteiger partial charge is 0.234 e. The predicted octanol–water partition coefficient (Wildman–Crippen LogP) is 6.23. The average Bonchev–Trinajstić information content (AvgIpc) is 2.78. The van der Waals surface area contributed by atoms with E-state index in [0.29, 0.717) is 35.6 Å². The van der Waals surface area contributed by atoms with Crippen molar-refractivity contribution in [3.05, 3.63) is 63.3 Å². The Morgan fingerprint density at radius 1 is 1.09 bits per heavy atom. The third kappa shape index (κ3) is 4.79. The first-order valence-electron chi connectivity index (χ1n) is 11.7. The molecule has 35 heavy (non-hydrogen) atoms. The largest absolute Gasteiger partial charge is 0.493 e. The van der Waals surface area contributed by atoms with Gasteiger partial charge in [0.15, 0.2) is 17.3 Å².